The Morgan fingerprint density at radius 2 is 2.10 bits per heavy atom. The minimum atomic E-state index is -4.50. The molecule has 1 aromatic carbocycles. The molecule has 4 amide bonds. The highest BCUT2D eigenvalue weighted by molar-refractivity contribution is 7.99. The van der Waals surface area contributed by atoms with Gasteiger partial charge in [-0.15, -0.1) is 10.2 Å². The normalized spacial score (nSPS) is 14.6. The number of anilines is 1. The topological polar surface area (TPSA) is 117 Å². The fraction of sp³-hybridized carbons (Fsp3) is 0.353. The summed E-state index contributed by atoms with van der Waals surface area (Å²) in [5, 5.41) is 12.3. The van der Waals surface area contributed by atoms with Gasteiger partial charge in [0.2, 0.25) is 17.7 Å². The van der Waals surface area contributed by atoms with Crippen LogP contribution < -0.4 is 10.6 Å². The molecule has 2 heterocycles. The Hall–Kier alpha value is -3.09. The molecule has 9 nitrogen and oxygen atoms in total. The molecule has 160 valence electrons. The molecule has 0 spiro atoms. The van der Waals surface area contributed by atoms with E-state index >= 15 is 0 Å². The molecule has 1 aliphatic heterocycles. The van der Waals surface area contributed by atoms with E-state index in [2.05, 4.69) is 20.8 Å². The number of nitrogens with one attached hydrogen (secondary N) is 2. The highest BCUT2D eigenvalue weighted by atomic mass is 32.2. The number of thioether (sulfide) groups is 1. The fourth-order valence-electron chi connectivity index (χ4n) is 2.54. The second-order valence-electron chi connectivity index (χ2n) is 6.22. The zero-order valence-corrected chi connectivity index (χ0v) is 16.2. The Morgan fingerprint density at radius 3 is 2.83 bits per heavy atom. The van der Waals surface area contributed by atoms with Crippen LogP contribution in [0.25, 0.3) is 0 Å². The Morgan fingerprint density at radius 1 is 1.30 bits per heavy atom. The molecule has 0 radical (unpaired) electrons. The van der Waals surface area contributed by atoms with Crippen molar-refractivity contribution in [3.05, 3.63) is 35.7 Å². The number of nitrogens with zero attached hydrogens (tertiary/aromatic N) is 3. The molecule has 0 bridgehead atoms. The summed E-state index contributed by atoms with van der Waals surface area (Å²) in [4.78, 5) is 36.2. The Labute approximate surface area is 172 Å². The Bertz CT molecular complexity index is 949. The number of urea groups is 1. The van der Waals surface area contributed by atoms with Crippen molar-refractivity contribution in [3.63, 3.8) is 0 Å². The van der Waals surface area contributed by atoms with Crippen molar-refractivity contribution >= 4 is 35.3 Å². The van der Waals surface area contributed by atoms with Crippen LogP contribution in [0.3, 0.4) is 0 Å². The SMILES string of the molecule is O=C1CCN(CCc2nnc(SCC(=O)Nc3cccc(C(F)(F)F)c3)o2)C(=O)N1. The van der Waals surface area contributed by atoms with Gasteiger partial charge in [0.05, 0.1) is 11.3 Å². The third-order valence-electron chi connectivity index (χ3n) is 3.99. The van der Waals surface area contributed by atoms with Gasteiger partial charge in [0.1, 0.15) is 0 Å². The third-order valence-corrected chi connectivity index (χ3v) is 4.81. The van der Waals surface area contributed by atoms with Crippen LogP contribution in [-0.4, -0.2) is 51.8 Å². The highest BCUT2D eigenvalue weighted by Gasteiger charge is 2.30. The van der Waals surface area contributed by atoms with Gasteiger partial charge < -0.3 is 14.6 Å². The van der Waals surface area contributed by atoms with E-state index in [1.54, 1.807) is 0 Å². The van der Waals surface area contributed by atoms with Crippen molar-refractivity contribution < 1.29 is 32.0 Å². The van der Waals surface area contributed by atoms with Crippen LogP contribution in [-0.2, 0) is 22.2 Å². The number of carbonyl (C=O) groups is 3. The van der Waals surface area contributed by atoms with Crippen LogP contribution in [0.15, 0.2) is 33.9 Å². The van der Waals surface area contributed by atoms with E-state index in [-0.39, 0.29) is 47.8 Å². The molecule has 2 N–H and O–H groups in total. The number of aromatic nitrogens is 2. The lowest BCUT2D eigenvalue weighted by Crippen LogP contribution is -2.49. The van der Waals surface area contributed by atoms with Gasteiger partial charge in [-0.05, 0) is 18.2 Å². The lowest BCUT2D eigenvalue weighted by molar-refractivity contribution is -0.137. The van der Waals surface area contributed by atoms with Crippen molar-refractivity contribution in [2.75, 3.05) is 24.2 Å². The first kappa shape index (κ1) is 21.6. The molecular formula is C17H16F3N5O4S. The maximum absolute atomic E-state index is 12.7. The molecule has 1 aliphatic rings. The van der Waals surface area contributed by atoms with Gasteiger partial charge in [-0.3, -0.25) is 14.9 Å². The predicted molar refractivity (Wildman–Crippen MR) is 98.5 cm³/mol. The average Bonchev–Trinajstić information content (AvgIpc) is 3.13. The first-order valence-electron chi connectivity index (χ1n) is 8.72. The number of alkyl halides is 3. The number of carbonyl (C=O) groups excluding carboxylic acids is 3. The largest absolute Gasteiger partial charge is 0.416 e. The second-order valence-corrected chi connectivity index (χ2v) is 7.14. The highest BCUT2D eigenvalue weighted by Crippen LogP contribution is 2.30. The molecule has 0 saturated carbocycles. The lowest BCUT2D eigenvalue weighted by Gasteiger charge is -2.25. The molecule has 2 aromatic rings. The number of hydrogen-bond donors (Lipinski definition) is 2. The summed E-state index contributed by atoms with van der Waals surface area (Å²) in [6.07, 6.45) is -4.01. The third kappa shape index (κ3) is 5.95. The summed E-state index contributed by atoms with van der Waals surface area (Å²) in [5.74, 6) is -0.750. The van der Waals surface area contributed by atoms with Gasteiger partial charge in [0.25, 0.3) is 5.22 Å². The zero-order chi connectivity index (χ0) is 21.7. The van der Waals surface area contributed by atoms with Crippen LogP contribution in [0.5, 0.6) is 0 Å². The van der Waals surface area contributed by atoms with Gasteiger partial charge in [0.15, 0.2) is 0 Å². The summed E-state index contributed by atoms with van der Waals surface area (Å²) >= 11 is 0.929. The van der Waals surface area contributed by atoms with E-state index in [1.165, 1.54) is 17.0 Å². The van der Waals surface area contributed by atoms with Crippen molar-refractivity contribution in [1.82, 2.24) is 20.4 Å². The van der Waals surface area contributed by atoms with E-state index in [0.717, 1.165) is 23.9 Å². The van der Waals surface area contributed by atoms with E-state index in [1.807, 2.05) is 0 Å². The predicted octanol–water partition coefficient (Wildman–Crippen LogP) is 2.30. The molecule has 1 fully saturated rings. The monoisotopic (exact) mass is 443 g/mol. The maximum Gasteiger partial charge on any atom is 0.416 e. The van der Waals surface area contributed by atoms with E-state index in [9.17, 15) is 27.6 Å². The average molecular weight is 443 g/mol. The summed E-state index contributed by atoms with van der Waals surface area (Å²) in [6, 6.07) is 3.83. The Balaban J connectivity index is 1.45. The van der Waals surface area contributed by atoms with Gasteiger partial charge in [-0.1, -0.05) is 17.8 Å². The number of benzene rings is 1. The number of rotatable bonds is 7. The number of hydrogen-bond acceptors (Lipinski definition) is 7. The standard InChI is InChI=1S/C17H16F3N5O4S/c18-17(19,20)10-2-1-3-11(8-10)21-13(27)9-30-16-24-23-14(29-16)5-7-25-6-4-12(26)22-15(25)28/h1-3,8H,4-7,9H2,(H,21,27)(H,22,26,28). The second kappa shape index (κ2) is 9.15. The van der Waals surface area contributed by atoms with Crippen LogP contribution in [0.4, 0.5) is 23.7 Å². The number of halogens is 3. The fourth-order valence-corrected chi connectivity index (χ4v) is 3.12. The van der Waals surface area contributed by atoms with Crippen LogP contribution >= 0.6 is 11.8 Å². The summed E-state index contributed by atoms with van der Waals surface area (Å²) < 4.78 is 43.5. The summed E-state index contributed by atoms with van der Waals surface area (Å²) in [5.41, 5.74) is -0.832. The van der Waals surface area contributed by atoms with Crippen LogP contribution in [0, 0.1) is 0 Å². The first-order chi connectivity index (χ1) is 14.2. The van der Waals surface area contributed by atoms with Gasteiger partial charge in [-0.2, -0.15) is 13.2 Å². The molecule has 0 atom stereocenters. The molecule has 13 heteroatoms. The van der Waals surface area contributed by atoms with Crippen molar-refractivity contribution in [3.8, 4) is 0 Å². The van der Waals surface area contributed by atoms with Gasteiger partial charge >= 0.3 is 12.2 Å². The van der Waals surface area contributed by atoms with E-state index in [0.29, 0.717) is 6.54 Å². The molecule has 0 unspecified atom stereocenters. The lowest BCUT2D eigenvalue weighted by atomic mass is 10.2. The molecule has 1 aromatic heterocycles. The van der Waals surface area contributed by atoms with E-state index < -0.39 is 23.7 Å². The molecule has 0 aliphatic carbocycles. The summed E-state index contributed by atoms with van der Waals surface area (Å²) in [6.45, 7) is 0.581. The molecule has 1 saturated heterocycles. The van der Waals surface area contributed by atoms with Gasteiger partial charge in [-0.25, -0.2) is 4.79 Å². The Kier molecular flexibility index (Phi) is 6.59. The minimum Gasteiger partial charge on any atom is -0.416 e. The zero-order valence-electron chi connectivity index (χ0n) is 15.4. The molecular weight excluding hydrogens is 427 g/mol. The minimum absolute atomic E-state index is 0.0277. The van der Waals surface area contributed by atoms with Crippen molar-refractivity contribution in [1.29, 1.82) is 0 Å². The number of amides is 4. The number of imide groups is 1. The first-order valence-corrected chi connectivity index (χ1v) is 9.70. The molecule has 30 heavy (non-hydrogen) atoms. The van der Waals surface area contributed by atoms with Crippen molar-refractivity contribution in [2.45, 2.75) is 24.2 Å². The van der Waals surface area contributed by atoms with E-state index in [4.69, 9.17) is 4.42 Å². The van der Waals surface area contributed by atoms with Crippen LogP contribution in [0.2, 0.25) is 0 Å². The van der Waals surface area contributed by atoms with Gasteiger partial charge in [0, 0.05) is 31.6 Å². The smallest absolute Gasteiger partial charge is 0.416 e. The maximum atomic E-state index is 12.7. The summed E-state index contributed by atoms with van der Waals surface area (Å²) in [7, 11) is 0. The van der Waals surface area contributed by atoms with Crippen molar-refractivity contribution in [2.24, 2.45) is 0 Å². The van der Waals surface area contributed by atoms with Crippen LogP contribution in [0.1, 0.15) is 17.9 Å². The molecule has 3 rings (SSSR count). The quantitative estimate of drug-likeness (QED) is 0.631.